The molecule has 2 aromatic carbocycles. The maximum Gasteiger partial charge on any atom is 0.100 e. The SMILES string of the molecule is CNCc1ccc(-n2cnc3ccccc32)c(C)c1. The van der Waals surface area contributed by atoms with Crippen LogP contribution in [0.25, 0.3) is 16.7 Å². The Labute approximate surface area is 112 Å². The summed E-state index contributed by atoms with van der Waals surface area (Å²) in [5, 5.41) is 3.18. The Balaban J connectivity index is 2.11. The van der Waals surface area contributed by atoms with Crippen LogP contribution >= 0.6 is 0 Å². The number of nitrogens with zero attached hydrogens (tertiary/aromatic N) is 2. The first-order valence-corrected chi connectivity index (χ1v) is 6.46. The zero-order valence-electron chi connectivity index (χ0n) is 11.2. The fourth-order valence-corrected chi connectivity index (χ4v) is 2.45. The summed E-state index contributed by atoms with van der Waals surface area (Å²) in [4.78, 5) is 4.45. The predicted molar refractivity (Wildman–Crippen MR) is 78.6 cm³/mol. The molecule has 1 heterocycles. The lowest BCUT2D eigenvalue weighted by atomic mass is 10.1. The lowest BCUT2D eigenvalue weighted by Crippen LogP contribution is -2.06. The van der Waals surface area contributed by atoms with Gasteiger partial charge in [-0.25, -0.2) is 4.98 Å². The average molecular weight is 251 g/mol. The molecule has 1 aromatic heterocycles. The fourth-order valence-electron chi connectivity index (χ4n) is 2.45. The minimum absolute atomic E-state index is 0.895. The molecular weight excluding hydrogens is 234 g/mol. The van der Waals surface area contributed by atoms with Crippen molar-refractivity contribution in [2.24, 2.45) is 0 Å². The van der Waals surface area contributed by atoms with Gasteiger partial charge in [0.05, 0.1) is 16.7 Å². The molecule has 0 fully saturated rings. The molecule has 0 saturated heterocycles. The number of aryl methyl sites for hydroxylation is 1. The molecule has 0 aliphatic heterocycles. The number of para-hydroxylation sites is 2. The summed E-state index contributed by atoms with van der Waals surface area (Å²) in [5.41, 5.74) is 5.92. The van der Waals surface area contributed by atoms with E-state index in [4.69, 9.17) is 0 Å². The fraction of sp³-hybridized carbons (Fsp3) is 0.188. The molecule has 3 heteroatoms. The molecule has 3 nitrogen and oxygen atoms in total. The van der Waals surface area contributed by atoms with Gasteiger partial charge in [0, 0.05) is 6.54 Å². The highest BCUT2D eigenvalue weighted by Crippen LogP contribution is 2.21. The third kappa shape index (κ3) is 2.13. The molecule has 0 amide bonds. The average Bonchev–Trinajstić information content (AvgIpc) is 2.83. The third-order valence-corrected chi connectivity index (χ3v) is 3.36. The molecule has 0 atom stereocenters. The topological polar surface area (TPSA) is 29.9 Å². The number of hydrogen-bond acceptors (Lipinski definition) is 2. The van der Waals surface area contributed by atoms with E-state index in [1.54, 1.807) is 0 Å². The lowest BCUT2D eigenvalue weighted by molar-refractivity contribution is 0.816. The van der Waals surface area contributed by atoms with E-state index in [-0.39, 0.29) is 0 Å². The molecule has 3 rings (SSSR count). The molecule has 19 heavy (non-hydrogen) atoms. The third-order valence-electron chi connectivity index (χ3n) is 3.36. The van der Waals surface area contributed by atoms with Gasteiger partial charge in [-0.05, 0) is 43.3 Å². The minimum atomic E-state index is 0.895. The maximum atomic E-state index is 4.45. The summed E-state index contributed by atoms with van der Waals surface area (Å²) in [6.07, 6.45) is 1.89. The standard InChI is InChI=1S/C16H17N3/c1-12-9-13(10-17-2)7-8-15(12)19-11-18-14-5-3-4-6-16(14)19/h3-9,11,17H,10H2,1-2H3. The summed E-state index contributed by atoms with van der Waals surface area (Å²) in [7, 11) is 1.96. The van der Waals surface area contributed by atoms with Crippen LogP contribution in [0.5, 0.6) is 0 Å². The van der Waals surface area contributed by atoms with Crippen LogP contribution in [0.1, 0.15) is 11.1 Å². The van der Waals surface area contributed by atoms with Gasteiger partial charge in [0.2, 0.25) is 0 Å². The van der Waals surface area contributed by atoms with Crippen molar-refractivity contribution in [1.82, 2.24) is 14.9 Å². The van der Waals surface area contributed by atoms with E-state index < -0.39 is 0 Å². The van der Waals surface area contributed by atoms with Gasteiger partial charge in [0.15, 0.2) is 0 Å². The molecule has 96 valence electrons. The molecule has 3 aromatic rings. The summed E-state index contributed by atoms with van der Waals surface area (Å²) in [6.45, 7) is 3.04. The van der Waals surface area contributed by atoms with Crippen molar-refractivity contribution in [1.29, 1.82) is 0 Å². The van der Waals surface area contributed by atoms with Crippen molar-refractivity contribution in [3.05, 3.63) is 59.9 Å². The van der Waals surface area contributed by atoms with Gasteiger partial charge in [-0.3, -0.25) is 4.57 Å². The molecule has 0 aliphatic rings. The zero-order valence-corrected chi connectivity index (χ0v) is 11.2. The van der Waals surface area contributed by atoms with Crippen LogP contribution in [0.4, 0.5) is 0 Å². The van der Waals surface area contributed by atoms with Crippen LogP contribution in [-0.4, -0.2) is 16.6 Å². The molecule has 0 bridgehead atoms. The monoisotopic (exact) mass is 251 g/mol. The Hall–Kier alpha value is -2.13. The second kappa shape index (κ2) is 4.86. The first-order valence-electron chi connectivity index (χ1n) is 6.46. The number of hydrogen-bond donors (Lipinski definition) is 1. The number of nitrogens with one attached hydrogen (secondary N) is 1. The molecule has 0 saturated carbocycles. The molecule has 0 radical (unpaired) electrons. The quantitative estimate of drug-likeness (QED) is 0.775. The maximum absolute atomic E-state index is 4.45. The van der Waals surface area contributed by atoms with Gasteiger partial charge in [-0.2, -0.15) is 0 Å². The Morgan fingerprint density at radius 2 is 2.00 bits per heavy atom. The summed E-state index contributed by atoms with van der Waals surface area (Å²) < 4.78 is 2.15. The first-order chi connectivity index (χ1) is 9.29. The number of aromatic nitrogens is 2. The normalized spacial score (nSPS) is 11.1. The molecular formula is C16H17N3. The van der Waals surface area contributed by atoms with Crippen LogP contribution in [0, 0.1) is 6.92 Å². The van der Waals surface area contributed by atoms with Gasteiger partial charge in [-0.15, -0.1) is 0 Å². The van der Waals surface area contributed by atoms with Crippen LogP contribution in [0.15, 0.2) is 48.8 Å². The Morgan fingerprint density at radius 3 is 2.79 bits per heavy atom. The van der Waals surface area contributed by atoms with Crippen molar-refractivity contribution in [3.63, 3.8) is 0 Å². The smallest absolute Gasteiger partial charge is 0.100 e. The van der Waals surface area contributed by atoms with Crippen molar-refractivity contribution in [3.8, 4) is 5.69 Å². The Morgan fingerprint density at radius 1 is 1.16 bits per heavy atom. The van der Waals surface area contributed by atoms with Crippen LogP contribution < -0.4 is 5.32 Å². The largest absolute Gasteiger partial charge is 0.316 e. The van der Waals surface area contributed by atoms with Gasteiger partial charge in [0.25, 0.3) is 0 Å². The molecule has 0 spiro atoms. The van der Waals surface area contributed by atoms with Crippen molar-refractivity contribution < 1.29 is 0 Å². The highest BCUT2D eigenvalue weighted by molar-refractivity contribution is 5.77. The lowest BCUT2D eigenvalue weighted by Gasteiger charge is -2.10. The second-order valence-corrected chi connectivity index (χ2v) is 4.75. The number of rotatable bonds is 3. The van der Waals surface area contributed by atoms with Gasteiger partial charge in [0.1, 0.15) is 6.33 Å². The van der Waals surface area contributed by atoms with Crippen molar-refractivity contribution in [2.45, 2.75) is 13.5 Å². The van der Waals surface area contributed by atoms with E-state index in [9.17, 15) is 0 Å². The second-order valence-electron chi connectivity index (χ2n) is 4.75. The highest BCUT2D eigenvalue weighted by atomic mass is 15.0. The first kappa shape index (κ1) is 11.9. The Bertz CT molecular complexity index is 713. The zero-order chi connectivity index (χ0) is 13.2. The van der Waals surface area contributed by atoms with Gasteiger partial charge < -0.3 is 5.32 Å². The molecule has 1 N–H and O–H groups in total. The highest BCUT2D eigenvalue weighted by Gasteiger charge is 2.06. The molecule has 0 unspecified atom stereocenters. The van der Waals surface area contributed by atoms with E-state index in [2.05, 4.69) is 46.1 Å². The predicted octanol–water partition coefficient (Wildman–Crippen LogP) is 3.05. The van der Waals surface area contributed by atoms with Crippen molar-refractivity contribution in [2.75, 3.05) is 7.05 Å². The van der Waals surface area contributed by atoms with Crippen LogP contribution in [0.2, 0.25) is 0 Å². The Kier molecular flexibility index (Phi) is 3.05. The molecule has 0 aliphatic carbocycles. The summed E-state index contributed by atoms with van der Waals surface area (Å²) in [5.74, 6) is 0. The summed E-state index contributed by atoms with van der Waals surface area (Å²) in [6, 6.07) is 14.7. The van der Waals surface area contributed by atoms with E-state index in [1.165, 1.54) is 16.8 Å². The summed E-state index contributed by atoms with van der Waals surface area (Å²) >= 11 is 0. The number of benzene rings is 2. The minimum Gasteiger partial charge on any atom is -0.316 e. The van der Waals surface area contributed by atoms with Crippen molar-refractivity contribution >= 4 is 11.0 Å². The van der Waals surface area contributed by atoms with E-state index >= 15 is 0 Å². The van der Waals surface area contributed by atoms with E-state index in [0.29, 0.717) is 0 Å². The van der Waals surface area contributed by atoms with Crippen LogP contribution in [0.3, 0.4) is 0 Å². The van der Waals surface area contributed by atoms with E-state index in [1.807, 2.05) is 31.6 Å². The van der Waals surface area contributed by atoms with Gasteiger partial charge in [-0.1, -0.05) is 24.3 Å². The van der Waals surface area contributed by atoms with Gasteiger partial charge >= 0.3 is 0 Å². The van der Waals surface area contributed by atoms with E-state index in [0.717, 1.165) is 17.6 Å². The van der Waals surface area contributed by atoms with Crippen LogP contribution in [-0.2, 0) is 6.54 Å². The number of imidazole rings is 1. The number of fused-ring (bicyclic) bond motifs is 1.